The van der Waals surface area contributed by atoms with E-state index in [1.54, 1.807) is 25.7 Å². The van der Waals surface area contributed by atoms with Crippen molar-refractivity contribution in [3.63, 3.8) is 0 Å². The topological polar surface area (TPSA) is 76.9 Å². The van der Waals surface area contributed by atoms with Gasteiger partial charge in [0.15, 0.2) is 10.8 Å². The number of nitrogens with zero attached hydrogens (tertiary/aromatic N) is 6. The summed E-state index contributed by atoms with van der Waals surface area (Å²) in [5.41, 5.74) is 4.61. The first-order valence-electron chi connectivity index (χ1n) is 10.5. The molecule has 0 radical (unpaired) electrons. The van der Waals surface area contributed by atoms with E-state index in [0.29, 0.717) is 23.5 Å². The summed E-state index contributed by atoms with van der Waals surface area (Å²) in [6.07, 6.45) is 9.00. The van der Waals surface area contributed by atoms with Crippen LogP contribution in [0.15, 0.2) is 40.3 Å². The highest BCUT2D eigenvalue weighted by atomic mass is 35.5. The highest BCUT2D eigenvalue weighted by molar-refractivity contribution is 7.99. The van der Waals surface area contributed by atoms with E-state index in [9.17, 15) is 0 Å². The number of hydrogen-bond donors (Lipinski definition) is 0. The lowest BCUT2D eigenvalue weighted by Crippen LogP contribution is -2.34. The smallest absolute Gasteiger partial charge is 0.194 e. The highest BCUT2D eigenvalue weighted by Crippen LogP contribution is 2.44. The Hall–Kier alpha value is -2.29. The molecule has 0 amide bonds. The van der Waals surface area contributed by atoms with Crippen LogP contribution in [0, 0.1) is 0 Å². The van der Waals surface area contributed by atoms with Crippen molar-refractivity contribution < 1.29 is 4.74 Å². The number of anilines is 1. The maximum absolute atomic E-state index is 6.80. The number of halogens is 1. The van der Waals surface area contributed by atoms with Crippen molar-refractivity contribution in [3.8, 4) is 0 Å². The minimum atomic E-state index is 0.301. The molecule has 3 aromatic rings. The van der Waals surface area contributed by atoms with Gasteiger partial charge in [0.05, 0.1) is 28.9 Å². The zero-order valence-corrected chi connectivity index (χ0v) is 19.1. The lowest BCUT2D eigenvalue weighted by Gasteiger charge is -2.27. The van der Waals surface area contributed by atoms with Crippen molar-refractivity contribution >= 4 is 45.4 Å². The number of allylic oxidation sites excluding steroid dienone is 1. The van der Waals surface area contributed by atoms with Gasteiger partial charge in [-0.15, -0.1) is 0 Å². The summed E-state index contributed by atoms with van der Waals surface area (Å²) in [5, 5.41) is 1.51. The Morgan fingerprint density at radius 3 is 2.94 bits per heavy atom. The first-order chi connectivity index (χ1) is 15.2. The Morgan fingerprint density at radius 1 is 1.23 bits per heavy atom. The Labute approximate surface area is 190 Å². The van der Waals surface area contributed by atoms with Gasteiger partial charge in [-0.25, -0.2) is 19.9 Å². The number of hydrogen-bond acceptors (Lipinski definition) is 8. The average molecular weight is 455 g/mol. The fourth-order valence-corrected chi connectivity index (χ4v) is 5.46. The first kappa shape index (κ1) is 20.6. The maximum Gasteiger partial charge on any atom is 0.194 e. The molecule has 1 fully saturated rings. The van der Waals surface area contributed by atoms with Crippen LogP contribution in [0.1, 0.15) is 37.4 Å². The molecule has 0 unspecified atom stereocenters. The molecular formula is C22H23ClN6OS. The van der Waals surface area contributed by atoms with Gasteiger partial charge in [-0.1, -0.05) is 18.5 Å². The average Bonchev–Trinajstić information content (AvgIpc) is 3.37. The third-order valence-electron chi connectivity index (χ3n) is 5.80. The minimum absolute atomic E-state index is 0.301. The van der Waals surface area contributed by atoms with Crippen LogP contribution in [0.5, 0.6) is 0 Å². The van der Waals surface area contributed by atoms with E-state index in [1.807, 2.05) is 6.07 Å². The van der Waals surface area contributed by atoms with E-state index in [4.69, 9.17) is 26.3 Å². The van der Waals surface area contributed by atoms with Crippen LogP contribution in [0.2, 0.25) is 0 Å². The second-order valence-electron chi connectivity index (χ2n) is 7.72. The zero-order valence-electron chi connectivity index (χ0n) is 17.5. The van der Waals surface area contributed by atoms with Gasteiger partial charge in [0.25, 0.3) is 0 Å². The highest BCUT2D eigenvalue weighted by Gasteiger charge is 2.33. The quantitative estimate of drug-likeness (QED) is 0.504. The Balaban J connectivity index is 1.55. The molecular weight excluding hydrogens is 432 g/mol. The zero-order chi connectivity index (χ0) is 21.4. The van der Waals surface area contributed by atoms with Crippen molar-refractivity contribution in [2.45, 2.75) is 48.7 Å². The van der Waals surface area contributed by atoms with Gasteiger partial charge in [-0.05, 0) is 42.7 Å². The van der Waals surface area contributed by atoms with Crippen molar-refractivity contribution in [2.24, 2.45) is 0 Å². The van der Waals surface area contributed by atoms with Crippen LogP contribution in [-0.4, -0.2) is 51.2 Å². The first-order valence-corrected chi connectivity index (χ1v) is 11.7. The molecule has 4 heterocycles. The molecule has 7 nitrogen and oxygen atoms in total. The Kier molecular flexibility index (Phi) is 5.77. The minimum Gasteiger partial charge on any atom is -0.383 e. The number of aromatic nitrogens is 5. The predicted molar refractivity (Wildman–Crippen MR) is 123 cm³/mol. The van der Waals surface area contributed by atoms with Crippen molar-refractivity contribution in [2.75, 3.05) is 25.2 Å². The monoisotopic (exact) mass is 454 g/mol. The predicted octanol–water partition coefficient (Wildman–Crippen LogP) is 4.50. The molecule has 160 valence electrons. The lowest BCUT2D eigenvalue weighted by atomic mass is 10.2. The van der Waals surface area contributed by atoms with E-state index in [0.717, 1.165) is 64.7 Å². The molecule has 0 bridgehead atoms. The van der Waals surface area contributed by atoms with Gasteiger partial charge >= 0.3 is 0 Å². The van der Waals surface area contributed by atoms with Gasteiger partial charge in [0.1, 0.15) is 11.3 Å². The molecule has 3 aromatic heterocycles. The number of methoxy groups -OCH3 is 1. The molecule has 1 aliphatic carbocycles. The van der Waals surface area contributed by atoms with Crippen LogP contribution in [0.3, 0.4) is 0 Å². The molecule has 1 saturated heterocycles. The standard InChI is InChI=1S/C22H23ClN6OS/c1-3-13-9-16-18(19(13)23)21(29-8-4-5-14(29)12-30-2)28-22(27-16)31-15-10-17-20(26-11-15)25-7-6-24-17/h6-7,10-11,14H,3-5,8-9,12H2,1-2H3/t14-/m0/s1. The molecule has 9 heteroatoms. The molecule has 2 aliphatic rings. The number of fused-ring (bicyclic) bond motifs is 2. The van der Waals surface area contributed by atoms with Crippen LogP contribution in [-0.2, 0) is 11.2 Å². The van der Waals surface area contributed by atoms with Crippen LogP contribution in [0.25, 0.3) is 16.2 Å². The summed E-state index contributed by atoms with van der Waals surface area (Å²) < 4.78 is 5.48. The summed E-state index contributed by atoms with van der Waals surface area (Å²) in [7, 11) is 1.75. The van der Waals surface area contributed by atoms with Crippen LogP contribution in [0.4, 0.5) is 5.82 Å². The van der Waals surface area contributed by atoms with E-state index < -0.39 is 0 Å². The van der Waals surface area contributed by atoms with Gasteiger partial charge < -0.3 is 9.64 Å². The summed E-state index contributed by atoms with van der Waals surface area (Å²) >= 11 is 8.30. The second kappa shape index (κ2) is 8.68. The van der Waals surface area contributed by atoms with Crippen molar-refractivity contribution in [1.29, 1.82) is 0 Å². The molecule has 0 aromatic carbocycles. The lowest BCUT2D eigenvalue weighted by molar-refractivity contribution is 0.180. The van der Waals surface area contributed by atoms with Gasteiger partial charge in [0.2, 0.25) is 0 Å². The summed E-state index contributed by atoms with van der Waals surface area (Å²) in [6, 6.07) is 2.28. The van der Waals surface area contributed by atoms with Crippen molar-refractivity contribution in [1.82, 2.24) is 24.9 Å². The third-order valence-corrected chi connectivity index (χ3v) is 7.08. The summed E-state index contributed by atoms with van der Waals surface area (Å²) in [4.78, 5) is 26.2. The van der Waals surface area contributed by atoms with Crippen LogP contribution < -0.4 is 4.90 Å². The number of ether oxygens (including phenoxy) is 1. The van der Waals surface area contributed by atoms with Crippen LogP contribution >= 0.6 is 23.4 Å². The molecule has 1 atom stereocenters. The molecule has 1 aliphatic heterocycles. The van der Waals surface area contributed by atoms with E-state index >= 15 is 0 Å². The number of rotatable bonds is 6. The van der Waals surface area contributed by atoms with E-state index in [-0.39, 0.29) is 0 Å². The fourth-order valence-electron chi connectivity index (χ4n) is 4.30. The number of pyridine rings is 1. The van der Waals surface area contributed by atoms with Gasteiger partial charge in [-0.3, -0.25) is 4.98 Å². The largest absolute Gasteiger partial charge is 0.383 e. The van der Waals surface area contributed by atoms with E-state index in [2.05, 4.69) is 26.8 Å². The third kappa shape index (κ3) is 3.88. The molecule has 0 saturated carbocycles. The molecule has 31 heavy (non-hydrogen) atoms. The molecule has 5 rings (SSSR count). The van der Waals surface area contributed by atoms with Crippen molar-refractivity contribution in [3.05, 3.63) is 41.5 Å². The molecule has 0 N–H and O–H groups in total. The normalized spacial score (nSPS) is 18.3. The van der Waals surface area contributed by atoms with E-state index in [1.165, 1.54) is 17.3 Å². The SMILES string of the molecule is CCC1=C(Cl)c2c(nc(Sc3cnc4nccnc4c3)nc2N2CCC[C@H]2COC)C1. The molecule has 0 spiro atoms. The second-order valence-corrected chi connectivity index (χ2v) is 9.13. The van der Waals surface area contributed by atoms with Gasteiger partial charge in [0, 0.05) is 43.6 Å². The maximum atomic E-state index is 6.80. The Morgan fingerprint density at radius 2 is 2.10 bits per heavy atom. The summed E-state index contributed by atoms with van der Waals surface area (Å²) in [6.45, 7) is 3.76. The Bertz CT molecular complexity index is 1170. The fraction of sp³-hybridized carbons (Fsp3) is 0.409. The van der Waals surface area contributed by atoms with Gasteiger partial charge in [-0.2, -0.15) is 0 Å². The summed E-state index contributed by atoms with van der Waals surface area (Å²) in [5.74, 6) is 0.925.